The summed E-state index contributed by atoms with van der Waals surface area (Å²) < 4.78 is 19.9. The van der Waals surface area contributed by atoms with Crippen molar-refractivity contribution in [1.29, 1.82) is 0 Å². The van der Waals surface area contributed by atoms with Gasteiger partial charge in [0.1, 0.15) is 18.1 Å². The van der Waals surface area contributed by atoms with Gasteiger partial charge in [0.25, 0.3) is 5.89 Å². The summed E-state index contributed by atoms with van der Waals surface area (Å²) in [4.78, 5) is 20.8. The average molecular weight is 377 g/mol. The number of aromatic nitrogens is 4. The van der Waals surface area contributed by atoms with Crippen molar-refractivity contribution >= 4 is 11.6 Å². The molecule has 0 unspecified atom stereocenters. The van der Waals surface area contributed by atoms with Crippen LogP contribution in [0.3, 0.4) is 0 Å². The van der Waals surface area contributed by atoms with Gasteiger partial charge >= 0.3 is 0 Å². The van der Waals surface area contributed by atoms with Crippen LogP contribution in [0.25, 0.3) is 23.0 Å². The van der Waals surface area contributed by atoms with Crippen molar-refractivity contribution in [2.24, 2.45) is 0 Å². The van der Waals surface area contributed by atoms with Crippen molar-refractivity contribution in [3.8, 4) is 23.0 Å². The Balaban J connectivity index is 1.45. The zero-order valence-electron chi connectivity index (χ0n) is 15.0. The lowest BCUT2D eigenvalue weighted by Crippen LogP contribution is -2.18. The van der Waals surface area contributed by atoms with E-state index in [0.717, 1.165) is 11.3 Å². The van der Waals surface area contributed by atoms with E-state index >= 15 is 0 Å². The lowest BCUT2D eigenvalue weighted by atomic mass is 10.2. The molecular weight excluding hydrogens is 361 g/mol. The third kappa shape index (κ3) is 3.80. The average Bonchev–Trinajstić information content (AvgIpc) is 3.34. The number of hydrogen-bond donors (Lipinski definition) is 1. The van der Waals surface area contributed by atoms with Crippen LogP contribution in [0.15, 0.2) is 65.6 Å². The number of halogens is 1. The summed E-state index contributed by atoms with van der Waals surface area (Å²) >= 11 is 0. The molecule has 2 aromatic carbocycles. The van der Waals surface area contributed by atoms with Gasteiger partial charge in [0.2, 0.25) is 11.7 Å². The molecular formula is C20H16FN5O2. The second-order valence-corrected chi connectivity index (χ2v) is 6.22. The molecule has 2 aromatic heterocycles. The van der Waals surface area contributed by atoms with E-state index in [1.54, 1.807) is 22.9 Å². The molecule has 0 saturated heterocycles. The number of rotatable bonds is 5. The van der Waals surface area contributed by atoms with Crippen molar-refractivity contribution in [2.45, 2.75) is 13.5 Å². The number of amides is 1. The van der Waals surface area contributed by atoms with Gasteiger partial charge in [-0.1, -0.05) is 23.4 Å². The monoisotopic (exact) mass is 377 g/mol. The van der Waals surface area contributed by atoms with Crippen LogP contribution < -0.4 is 5.32 Å². The summed E-state index contributed by atoms with van der Waals surface area (Å²) in [5.74, 6) is 0.0452. The fraction of sp³-hybridized carbons (Fsp3) is 0.100. The minimum absolute atomic E-state index is 0.101. The van der Waals surface area contributed by atoms with Crippen molar-refractivity contribution in [2.75, 3.05) is 5.32 Å². The molecule has 140 valence electrons. The molecule has 0 saturated carbocycles. The van der Waals surface area contributed by atoms with Gasteiger partial charge in [0, 0.05) is 17.4 Å². The Kier molecular flexibility index (Phi) is 4.67. The SMILES string of the molecule is Cc1ccccc1NC(=O)Cn1cnc(-c2noc(-c3ccc(F)cc3)n2)c1. The first-order valence-corrected chi connectivity index (χ1v) is 8.56. The Bertz CT molecular complexity index is 1120. The smallest absolute Gasteiger partial charge is 0.258 e. The molecule has 4 rings (SSSR count). The molecule has 2 heterocycles. The first kappa shape index (κ1) is 17.6. The van der Waals surface area contributed by atoms with E-state index < -0.39 is 0 Å². The summed E-state index contributed by atoms with van der Waals surface area (Å²) in [5.41, 5.74) is 2.84. The molecule has 0 bridgehead atoms. The van der Waals surface area contributed by atoms with Crippen molar-refractivity contribution in [1.82, 2.24) is 19.7 Å². The Morgan fingerprint density at radius 2 is 1.96 bits per heavy atom. The largest absolute Gasteiger partial charge is 0.334 e. The van der Waals surface area contributed by atoms with Crippen LogP contribution in [0.1, 0.15) is 5.56 Å². The molecule has 1 N–H and O–H groups in total. The third-order valence-electron chi connectivity index (χ3n) is 4.12. The molecule has 7 nitrogen and oxygen atoms in total. The Hall–Kier alpha value is -3.81. The zero-order valence-corrected chi connectivity index (χ0v) is 15.0. The number of hydrogen-bond acceptors (Lipinski definition) is 5. The highest BCUT2D eigenvalue weighted by atomic mass is 19.1. The molecule has 0 aliphatic carbocycles. The summed E-state index contributed by atoms with van der Waals surface area (Å²) in [6.45, 7) is 2.03. The van der Waals surface area contributed by atoms with Crippen LogP contribution >= 0.6 is 0 Å². The van der Waals surface area contributed by atoms with E-state index in [4.69, 9.17) is 4.52 Å². The van der Waals surface area contributed by atoms with Crippen molar-refractivity contribution < 1.29 is 13.7 Å². The van der Waals surface area contributed by atoms with Gasteiger partial charge in [-0.05, 0) is 42.8 Å². The summed E-state index contributed by atoms with van der Waals surface area (Å²) in [7, 11) is 0. The highest BCUT2D eigenvalue weighted by Gasteiger charge is 2.14. The van der Waals surface area contributed by atoms with Crippen LogP contribution in [0.5, 0.6) is 0 Å². The number of nitrogens with one attached hydrogen (secondary N) is 1. The van der Waals surface area contributed by atoms with Crippen molar-refractivity contribution in [3.05, 3.63) is 72.4 Å². The fourth-order valence-electron chi connectivity index (χ4n) is 2.67. The number of benzene rings is 2. The van der Waals surface area contributed by atoms with Crippen LogP contribution in [0, 0.1) is 12.7 Å². The highest BCUT2D eigenvalue weighted by Crippen LogP contribution is 2.21. The molecule has 0 radical (unpaired) electrons. The summed E-state index contributed by atoms with van der Waals surface area (Å²) in [6.07, 6.45) is 3.19. The lowest BCUT2D eigenvalue weighted by Gasteiger charge is -2.08. The minimum Gasteiger partial charge on any atom is -0.334 e. The number of carbonyl (C=O) groups is 1. The van der Waals surface area contributed by atoms with Gasteiger partial charge in [-0.15, -0.1) is 0 Å². The van der Waals surface area contributed by atoms with E-state index in [2.05, 4.69) is 20.4 Å². The predicted molar refractivity (Wildman–Crippen MR) is 101 cm³/mol. The van der Waals surface area contributed by atoms with Gasteiger partial charge in [0.15, 0.2) is 0 Å². The number of anilines is 1. The highest BCUT2D eigenvalue weighted by molar-refractivity contribution is 5.91. The van der Waals surface area contributed by atoms with Crippen LogP contribution in [-0.2, 0) is 11.3 Å². The van der Waals surface area contributed by atoms with E-state index in [1.165, 1.54) is 18.5 Å². The molecule has 8 heteroatoms. The fourth-order valence-corrected chi connectivity index (χ4v) is 2.67. The molecule has 0 fully saturated rings. The number of nitrogens with zero attached hydrogens (tertiary/aromatic N) is 4. The molecule has 1 amide bonds. The lowest BCUT2D eigenvalue weighted by molar-refractivity contribution is -0.116. The molecule has 28 heavy (non-hydrogen) atoms. The van der Waals surface area contributed by atoms with Crippen LogP contribution in [0.2, 0.25) is 0 Å². The predicted octanol–water partition coefficient (Wildman–Crippen LogP) is 3.69. The van der Waals surface area contributed by atoms with Crippen molar-refractivity contribution in [3.63, 3.8) is 0 Å². The molecule has 4 aromatic rings. The number of imidazole rings is 1. The maximum atomic E-state index is 13.0. The van der Waals surface area contributed by atoms with E-state index in [9.17, 15) is 9.18 Å². The van der Waals surface area contributed by atoms with E-state index in [0.29, 0.717) is 11.3 Å². The zero-order chi connectivity index (χ0) is 19.5. The molecule has 0 aliphatic heterocycles. The van der Waals surface area contributed by atoms with Crippen LogP contribution in [0.4, 0.5) is 10.1 Å². The number of para-hydroxylation sites is 1. The standard InChI is InChI=1S/C20H16FN5O2/c1-13-4-2-3-5-16(13)23-18(27)11-26-10-17(22-12-26)19-24-20(28-25-19)14-6-8-15(21)9-7-14/h2-10,12H,11H2,1H3,(H,23,27). The molecule has 0 aliphatic rings. The molecule has 0 atom stereocenters. The topological polar surface area (TPSA) is 85.8 Å². The number of carbonyl (C=O) groups excluding carboxylic acids is 1. The van der Waals surface area contributed by atoms with Gasteiger partial charge in [-0.2, -0.15) is 4.98 Å². The van der Waals surface area contributed by atoms with Crippen LogP contribution in [-0.4, -0.2) is 25.6 Å². The van der Waals surface area contributed by atoms with Gasteiger partial charge in [-0.3, -0.25) is 4.79 Å². The van der Waals surface area contributed by atoms with Gasteiger partial charge < -0.3 is 14.4 Å². The maximum Gasteiger partial charge on any atom is 0.258 e. The number of aryl methyl sites for hydroxylation is 1. The minimum atomic E-state index is -0.341. The second kappa shape index (κ2) is 7.43. The third-order valence-corrected chi connectivity index (χ3v) is 4.12. The summed E-state index contributed by atoms with van der Waals surface area (Å²) in [5, 5.41) is 6.77. The quantitative estimate of drug-likeness (QED) is 0.573. The maximum absolute atomic E-state index is 13.0. The summed E-state index contributed by atoms with van der Waals surface area (Å²) in [6, 6.07) is 13.3. The van der Waals surface area contributed by atoms with Gasteiger partial charge in [0.05, 0.1) is 6.33 Å². The second-order valence-electron chi connectivity index (χ2n) is 6.22. The Morgan fingerprint density at radius 1 is 1.18 bits per heavy atom. The Morgan fingerprint density at radius 3 is 2.75 bits per heavy atom. The first-order chi connectivity index (χ1) is 13.6. The van der Waals surface area contributed by atoms with E-state index in [-0.39, 0.29) is 30.0 Å². The normalized spacial score (nSPS) is 10.8. The first-order valence-electron chi connectivity index (χ1n) is 8.56. The van der Waals surface area contributed by atoms with Gasteiger partial charge in [-0.25, -0.2) is 9.37 Å². The van der Waals surface area contributed by atoms with E-state index in [1.807, 2.05) is 31.2 Å². The Labute approximate surface area is 159 Å². The molecule has 0 spiro atoms.